The lowest BCUT2D eigenvalue weighted by molar-refractivity contribution is -0.390. The summed E-state index contributed by atoms with van der Waals surface area (Å²) < 4.78 is 5.45. The third kappa shape index (κ3) is 1.84. The molecule has 70 valence electrons. The Hall–Kier alpha value is -1.85. The molecule has 0 radical (unpaired) electrons. The number of hydrogen-bond acceptors (Lipinski definition) is 4. The lowest BCUT2D eigenvalue weighted by atomic mass is 10.6. The van der Waals surface area contributed by atoms with Gasteiger partial charge in [0.25, 0.3) is 0 Å². The van der Waals surface area contributed by atoms with E-state index in [9.17, 15) is 14.9 Å². The summed E-state index contributed by atoms with van der Waals surface area (Å²) in [6.07, 6.45) is 0.551. The van der Waals surface area contributed by atoms with Crippen LogP contribution in [0.15, 0.2) is 18.3 Å². The summed E-state index contributed by atoms with van der Waals surface area (Å²) in [5, 5.41) is 10.4. The molecule has 0 aromatic carbocycles. The Morgan fingerprint density at radius 3 is 3.00 bits per heavy atom. The minimum absolute atomic E-state index is 0.189. The van der Waals surface area contributed by atoms with E-state index in [-0.39, 0.29) is 12.4 Å². The molecule has 0 aliphatic rings. The third-order valence-electron chi connectivity index (χ3n) is 1.38. The van der Waals surface area contributed by atoms with Crippen molar-refractivity contribution in [2.75, 3.05) is 6.61 Å². The van der Waals surface area contributed by atoms with E-state index >= 15 is 0 Å². The van der Waals surface area contributed by atoms with Gasteiger partial charge < -0.3 is 14.9 Å². The number of nitro groups is 1. The van der Waals surface area contributed by atoms with Crippen LogP contribution in [0.5, 0.6) is 0 Å². The Morgan fingerprint density at radius 1 is 1.77 bits per heavy atom. The smallest absolute Gasteiger partial charge is 0.431 e. The Balaban J connectivity index is 2.93. The van der Waals surface area contributed by atoms with Gasteiger partial charge in [-0.3, -0.25) is 0 Å². The molecule has 0 atom stereocenters. The van der Waals surface area contributed by atoms with Gasteiger partial charge in [-0.15, -0.1) is 4.57 Å². The van der Waals surface area contributed by atoms with Crippen molar-refractivity contribution in [1.29, 1.82) is 0 Å². The maximum absolute atomic E-state index is 11.1. The van der Waals surface area contributed by atoms with Crippen molar-refractivity contribution >= 4 is 11.9 Å². The van der Waals surface area contributed by atoms with Crippen LogP contribution in [0.3, 0.4) is 0 Å². The summed E-state index contributed by atoms with van der Waals surface area (Å²) in [5.41, 5.74) is 0. The molecular formula is C7H8N2O4. The van der Waals surface area contributed by atoms with Gasteiger partial charge in [0.15, 0.2) is 0 Å². The molecule has 13 heavy (non-hydrogen) atoms. The largest absolute Gasteiger partial charge is 0.512 e. The molecule has 0 amide bonds. The molecule has 0 N–H and O–H groups in total. The summed E-state index contributed by atoms with van der Waals surface area (Å²) >= 11 is 0. The first-order chi connectivity index (χ1) is 6.16. The zero-order valence-corrected chi connectivity index (χ0v) is 6.97. The third-order valence-corrected chi connectivity index (χ3v) is 1.38. The molecule has 1 heterocycles. The summed E-state index contributed by atoms with van der Waals surface area (Å²) in [4.78, 5) is 20.8. The van der Waals surface area contributed by atoms with E-state index in [4.69, 9.17) is 0 Å². The van der Waals surface area contributed by atoms with Gasteiger partial charge in [0.1, 0.15) is 6.20 Å². The molecule has 1 aromatic rings. The first-order valence-corrected chi connectivity index (χ1v) is 3.65. The van der Waals surface area contributed by atoms with Gasteiger partial charge in [-0.1, -0.05) is 0 Å². The minimum Gasteiger partial charge on any atom is -0.431 e. The Labute approximate surface area is 73.9 Å². The van der Waals surface area contributed by atoms with Gasteiger partial charge in [-0.25, -0.2) is 0 Å². The fraction of sp³-hybridized carbons (Fsp3) is 0.286. The maximum atomic E-state index is 11.1. The molecule has 0 saturated carbocycles. The fourth-order valence-electron chi connectivity index (χ4n) is 0.868. The summed E-state index contributed by atoms with van der Waals surface area (Å²) in [6.45, 7) is 1.82. The first-order valence-electron chi connectivity index (χ1n) is 3.65. The Morgan fingerprint density at radius 2 is 2.46 bits per heavy atom. The van der Waals surface area contributed by atoms with E-state index in [0.29, 0.717) is 0 Å². The Kier molecular flexibility index (Phi) is 2.63. The van der Waals surface area contributed by atoms with Gasteiger partial charge in [-0.2, -0.15) is 4.79 Å². The van der Waals surface area contributed by atoms with Crippen LogP contribution in [0.25, 0.3) is 0 Å². The van der Waals surface area contributed by atoms with Gasteiger partial charge in [-0.05, 0) is 17.9 Å². The van der Waals surface area contributed by atoms with E-state index < -0.39 is 11.0 Å². The second-order valence-corrected chi connectivity index (χ2v) is 2.19. The average Bonchev–Trinajstić information content (AvgIpc) is 2.52. The van der Waals surface area contributed by atoms with E-state index in [0.717, 1.165) is 4.57 Å². The molecule has 6 nitrogen and oxygen atoms in total. The van der Waals surface area contributed by atoms with Crippen LogP contribution in [-0.2, 0) is 4.74 Å². The van der Waals surface area contributed by atoms with Crippen LogP contribution in [0.2, 0.25) is 0 Å². The lowest BCUT2D eigenvalue weighted by Crippen LogP contribution is -2.14. The van der Waals surface area contributed by atoms with E-state index in [1.54, 1.807) is 6.92 Å². The van der Waals surface area contributed by atoms with Crippen LogP contribution >= 0.6 is 0 Å². The lowest BCUT2D eigenvalue weighted by Gasteiger charge is -1.99. The topological polar surface area (TPSA) is 74.4 Å². The first kappa shape index (κ1) is 9.24. The van der Waals surface area contributed by atoms with Gasteiger partial charge in [0.2, 0.25) is 0 Å². The maximum Gasteiger partial charge on any atom is 0.512 e. The molecule has 0 aliphatic heterocycles. The highest BCUT2D eigenvalue weighted by Gasteiger charge is 2.19. The average molecular weight is 184 g/mol. The number of hydrogen-bond donors (Lipinski definition) is 0. The van der Waals surface area contributed by atoms with Crippen LogP contribution in [-0.4, -0.2) is 22.2 Å². The van der Waals surface area contributed by atoms with E-state index in [1.807, 2.05) is 0 Å². The van der Waals surface area contributed by atoms with Crippen LogP contribution in [0.4, 0.5) is 10.6 Å². The molecule has 6 heteroatoms. The van der Waals surface area contributed by atoms with Crippen molar-refractivity contribution in [2.45, 2.75) is 6.92 Å². The fourth-order valence-corrected chi connectivity index (χ4v) is 0.868. The van der Waals surface area contributed by atoms with Crippen molar-refractivity contribution < 1.29 is 14.5 Å². The normalized spacial score (nSPS) is 9.62. The predicted molar refractivity (Wildman–Crippen MR) is 43.5 cm³/mol. The molecule has 1 aromatic heterocycles. The van der Waals surface area contributed by atoms with Crippen molar-refractivity contribution in [3.63, 3.8) is 0 Å². The Bertz CT molecular complexity index is 331. The summed E-state index contributed by atoms with van der Waals surface area (Å²) in [6, 6.07) is 2.64. The zero-order valence-electron chi connectivity index (χ0n) is 6.97. The van der Waals surface area contributed by atoms with Crippen LogP contribution in [0.1, 0.15) is 6.92 Å². The molecule has 0 fully saturated rings. The minimum atomic E-state index is -0.737. The molecular weight excluding hydrogens is 176 g/mol. The molecule has 0 bridgehead atoms. The number of rotatable bonds is 2. The molecule has 0 aliphatic carbocycles. The van der Waals surface area contributed by atoms with E-state index in [2.05, 4.69) is 4.74 Å². The van der Waals surface area contributed by atoms with Crippen molar-refractivity contribution in [3.8, 4) is 0 Å². The van der Waals surface area contributed by atoms with Gasteiger partial charge in [0.05, 0.1) is 6.61 Å². The molecule has 0 unspecified atom stereocenters. The van der Waals surface area contributed by atoms with E-state index in [1.165, 1.54) is 18.3 Å². The summed E-state index contributed by atoms with van der Waals surface area (Å²) in [5.74, 6) is -0.293. The molecule has 0 spiro atoms. The van der Waals surface area contributed by atoms with Crippen molar-refractivity contribution in [3.05, 3.63) is 28.4 Å². The highest BCUT2D eigenvalue weighted by atomic mass is 16.6. The highest BCUT2D eigenvalue weighted by Crippen LogP contribution is 2.11. The number of aromatic nitrogens is 1. The van der Waals surface area contributed by atoms with Crippen LogP contribution in [0, 0.1) is 10.1 Å². The number of carbonyl (C=O) groups excluding carboxylic acids is 1. The number of nitrogens with zero attached hydrogens (tertiary/aromatic N) is 2. The highest BCUT2D eigenvalue weighted by molar-refractivity contribution is 5.73. The number of carbonyl (C=O) groups is 1. The van der Waals surface area contributed by atoms with Crippen LogP contribution < -0.4 is 0 Å². The second kappa shape index (κ2) is 3.70. The zero-order chi connectivity index (χ0) is 9.84. The molecule has 0 saturated heterocycles. The van der Waals surface area contributed by atoms with Crippen molar-refractivity contribution in [1.82, 2.24) is 4.57 Å². The number of ether oxygens (including phenoxy) is 1. The quantitative estimate of drug-likeness (QED) is 0.514. The van der Waals surface area contributed by atoms with Crippen molar-refractivity contribution in [2.24, 2.45) is 0 Å². The van der Waals surface area contributed by atoms with Gasteiger partial charge in [0, 0.05) is 6.07 Å². The second-order valence-electron chi connectivity index (χ2n) is 2.19. The predicted octanol–water partition coefficient (Wildman–Crippen LogP) is 1.40. The monoisotopic (exact) mass is 184 g/mol. The standard InChI is InChI=1S/C7H8N2O4/c1-2-13-7(10)8-5-3-4-6(8)9(11)12/h3-5H,2H2,1H3. The SMILES string of the molecule is CCOC(=O)n1cccc1[N+](=O)[O-]. The summed E-state index contributed by atoms with van der Waals surface area (Å²) in [7, 11) is 0. The molecule has 1 rings (SSSR count). The van der Waals surface area contributed by atoms with Gasteiger partial charge >= 0.3 is 11.9 Å².